The first kappa shape index (κ1) is 20.1. The van der Waals surface area contributed by atoms with E-state index in [0.29, 0.717) is 24.3 Å². The second kappa shape index (κ2) is 9.49. The summed E-state index contributed by atoms with van der Waals surface area (Å²) in [6.45, 7) is 1.17. The van der Waals surface area contributed by atoms with Gasteiger partial charge in [0.15, 0.2) is 0 Å². The Hall–Kier alpha value is -3.69. The van der Waals surface area contributed by atoms with Crippen molar-refractivity contribution in [2.24, 2.45) is 0 Å². The quantitative estimate of drug-likeness (QED) is 0.501. The maximum atomic E-state index is 12.4. The van der Waals surface area contributed by atoms with Gasteiger partial charge in [-0.1, -0.05) is 48.5 Å². The second-order valence-electron chi connectivity index (χ2n) is 6.81. The lowest BCUT2D eigenvalue weighted by Crippen LogP contribution is -2.31. The van der Waals surface area contributed by atoms with Crippen LogP contribution in [0.3, 0.4) is 0 Å². The van der Waals surface area contributed by atoms with Gasteiger partial charge in [0, 0.05) is 30.4 Å². The van der Waals surface area contributed by atoms with Gasteiger partial charge in [0.25, 0.3) is 5.91 Å². The summed E-state index contributed by atoms with van der Waals surface area (Å²) in [7, 11) is 3.86. The number of nitriles is 1. The van der Waals surface area contributed by atoms with Crippen molar-refractivity contribution in [1.29, 1.82) is 5.26 Å². The number of nitrogens with one attached hydrogen (secondary N) is 1. The van der Waals surface area contributed by atoms with Gasteiger partial charge in [0.2, 0.25) is 0 Å². The molecule has 146 valence electrons. The zero-order chi connectivity index (χ0) is 20.6. The fraction of sp³-hybridized carbons (Fsp3) is 0.174. The molecule has 0 saturated heterocycles. The summed E-state index contributed by atoms with van der Waals surface area (Å²) in [5, 5.41) is 17.0. The minimum absolute atomic E-state index is 0.0496. The topological polar surface area (TPSA) is 74.0 Å². The number of hydrogen-bond acceptors (Lipinski definition) is 4. The van der Waals surface area contributed by atoms with Crippen LogP contribution in [0.25, 0.3) is 23.0 Å². The fourth-order valence-electron chi connectivity index (χ4n) is 2.82. The zero-order valence-electron chi connectivity index (χ0n) is 16.5. The smallest absolute Gasteiger partial charge is 0.262 e. The third kappa shape index (κ3) is 5.18. The number of carbonyl (C=O) groups excluding carboxylic acids is 1. The van der Waals surface area contributed by atoms with Crippen LogP contribution in [-0.2, 0) is 4.79 Å². The van der Waals surface area contributed by atoms with Gasteiger partial charge < -0.3 is 10.2 Å². The molecule has 1 amide bonds. The van der Waals surface area contributed by atoms with Gasteiger partial charge in [-0.15, -0.1) is 0 Å². The van der Waals surface area contributed by atoms with Crippen LogP contribution in [0.2, 0.25) is 0 Å². The number of aromatic nitrogens is 2. The molecule has 0 aliphatic heterocycles. The molecule has 1 heterocycles. The summed E-state index contributed by atoms with van der Waals surface area (Å²) in [5.41, 5.74) is 3.29. The van der Waals surface area contributed by atoms with Crippen LogP contribution in [0, 0.1) is 11.3 Å². The Morgan fingerprint density at radius 1 is 1.14 bits per heavy atom. The highest BCUT2D eigenvalue weighted by atomic mass is 16.1. The first-order chi connectivity index (χ1) is 14.1. The van der Waals surface area contributed by atoms with Gasteiger partial charge in [0.05, 0.1) is 11.4 Å². The predicted molar refractivity (Wildman–Crippen MR) is 114 cm³/mol. The third-order valence-electron chi connectivity index (χ3n) is 4.32. The molecule has 0 aliphatic rings. The van der Waals surface area contributed by atoms with E-state index in [1.54, 1.807) is 10.8 Å². The lowest BCUT2D eigenvalue weighted by molar-refractivity contribution is -0.117. The summed E-state index contributed by atoms with van der Waals surface area (Å²) in [6.07, 6.45) is 3.43. The Balaban J connectivity index is 1.98. The van der Waals surface area contributed by atoms with Crippen LogP contribution in [0.1, 0.15) is 5.56 Å². The van der Waals surface area contributed by atoms with Crippen LogP contribution >= 0.6 is 0 Å². The van der Waals surface area contributed by atoms with Crippen molar-refractivity contribution in [3.63, 3.8) is 0 Å². The van der Waals surface area contributed by atoms with Gasteiger partial charge in [-0.25, -0.2) is 4.68 Å². The lowest BCUT2D eigenvalue weighted by atomic mass is 10.1. The minimum Gasteiger partial charge on any atom is -0.350 e. The summed E-state index contributed by atoms with van der Waals surface area (Å²) >= 11 is 0. The Morgan fingerprint density at radius 3 is 2.41 bits per heavy atom. The molecule has 29 heavy (non-hydrogen) atoms. The van der Waals surface area contributed by atoms with Crippen LogP contribution in [0.15, 0.2) is 72.4 Å². The van der Waals surface area contributed by atoms with E-state index >= 15 is 0 Å². The highest BCUT2D eigenvalue weighted by Crippen LogP contribution is 2.25. The number of hydrogen-bond donors (Lipinski definition) is 1. The Labute approximate surface area is 170 Å². The first-order valence-electron chi connectivity index (χ1n) is 9.33. The molecule has 6 heteroatoms. The fourth-order valence-corrected chi connectivity index (χ4v) is 2.82. The molecule has 0 spiro atoms. The lowest BCUT2D eigenvalue weighted by Gasteiger charge is -2.09. The van der Waals surface area contributed by atoms with Crippen LogP contribution in [-0.4, -0.2) is 47.8 Å². The van der Waals surface area contributed by atoms with Gasteiger partial charge in [-0.2, -0.15) is 10.4 Å². The van der Waals surface area contributed by atoms with E-state index in [-0.39, 0.29) is 11.5 Å². The van der Waals surface area contributed by atoms with Crippen molar-refractivity contribution in [2.75, 3.05) is 27.2 Å². The average molecular weight is 385 g/mol. The number of nitrogens with zero attached hydrogens (tertiary/aromatic N) is 4. The monoisotopic (exact) mass is 385 g/mol. The van der Waals surface area contributed by atoms with E-state index in [0.717, 1.165) is 11.3 Å². The Morgan fingerprint density at radius 2 is 1.79 bits per heavy atom. The standard InChI is InChI=1S/C23H23N5O/c1-27(2)14-13-25-23(29)19(16-24)15-20-17-28(21-11-7-4-8-12-21)26-22(20)18-9-5-3-6-10-18/h3-12,15,17H,13-14H2,1-2H3,(H,25,29)/b19-15-. The SMILES string of the molecule is CN(C)CCNC(=O)/C(C#N)=C\c1cn(-c2ccccc2)nc1-c1ccccc1. The molecular weight excluding hydrogens is 362 g/mol. The molecule has 0 saturated carbocycles. The summed E-state index contributed by atoms with van der Waals surface area (Å²) < 4.78 is 1.76. The zero-order valence-corrected chi connectivity index (χ0v) is 16.5. The number of amides is 1. The number of rotatable bonds is 7. The maximum Gasteiger partial charge on any atom is 0.262 e. The normalized spacial score (nSPS) is 11.3. The summed E-state index contributed by atoms with van der Waals surface area (Å²) in [5.74, 6) is -0.388. The van der Waals surface area contributed by atoms with Gasteiger partial charge in [-0.05, 0) is 32.3 Å². The third-order valence-corrected chi connectivity index (χ3v) is 4.32. The molecule has 2 aromatic carbocycles. The van der Waals surface area contributed by atoms with Crippen molar-refractivity contribution in [3.8, 4) is 23.0 Å². The molecule has 3 aromatic rings. The van der Waals surface area contributed by atoms with E-state index < -0.39 is 0 Å². The number of benzene rings is 2. The van der Waals surface area contributed by atoms with E-state index in [1.807, 2.05) is 91.9 Å². The summed E-state index contributed by atoms with van der Waals surface area (Å²) in [4.78, 5) is 14.4. The van der Waals surface area contributed by atoms with Crippen molar-refractivity contribution < 1.29 is 4.79 Å². The highest BCUT2D eigenvalue weighted by molar-refractivity contribution is 6.02. The Bertz CT molecular complexity index is 1030. The minimum atomic E-state index is -0.388. The molecule has 0 radical (unpaired) electrons. The molecule has 0 bridgehead atoms. The number of para-hydroxylation sites is 1. The van der Waals surface area contributed by atoms with Crippen LogP contribution < -0.4 is 5.32 Å². The largest absolute Gasteiger partial charge is 0.350 e. The molecule has 6 nitrogen and oxygen atoms in total. The molecule has 0 unspecified atom stereocenters. The average Bonchev–Trinajstić information content (AvgIpc) is 3.17. The van der Waals surface area contributed by atoms with Gasteiger partial charge in [-0.3, -0.25) is 4.79 Å². The van der Waals surface area contributed by atoms with Crippen LogP contribution in [0.5, 0.6) is 0 Å². The molecular formula is C23H23N5O. The van der Waals surface area contributed by atoms with Crippen molar-refractivity contribution in [2.45, 2.75) is 0 Å². The van der Waals surface area contributed by atoms with E-state index in [2.05, 4.69) is 5.32 Å². The second-order valence-corrected chi connectivity index (χ2v) is 6.81. The van der Waals surface area contributed by atoms with E-state index in [9.17, 15) is 10.1 Å². The molecule has 0 fully saturated rings. The molecule has 0 atom stereocenters. The van der Waals surface area contributed by atoms with E-state index in [4.69, 9.17) is 5.10 Å². The van der Waals surface area contributed by atoms with Crippen molar-refractivity contribution >= 4 is 12.0 Å². The Kier molecular flexibility index (Phi) is 6.56. The number of likely N-dealkylation sites (N-methyl/N-ethyl adjacent to an activating group) is 1. The summed E-state index contributed by atoms with van der Waals surface area (Å²) in [6, 6.07) is 21.5. The first-order valence-corrected chi connectivity index (χ1v) is 9.33. The van der Waals surface area contributed by atoms with Crippen LogP contribution in [0.4, 0.5) is 0 Å². The molecule has 3 rings (SSSR count). The van der Waals surface area contributed by atoms with Crippen molar-refractivity contribution in [3.05, 3.63) is 78.0 Å². The highest BCUT2D eigenvalue weighted by Gasteiger charge is 2.14. The van der Waals surface area contributed by atoms with Gasteiger partial charge >= 0.3 is 0 Å². The maximum absolute atomic E-state index is 12.4. The molecule has 1 N–H and O–H groups in total. The van der Waals surface area contributed by atoms with Crippen molar-refractivity contribution in [1.82, 2.24) is 20.0 Å². The van der Waals surface area contributed by atoms with E-state index in [1.165, 1.54) is 0 Å². The molecule has 0 aliphatic carbocycles. The molecule has 1 aromatic heterocycles. The number of carbonyl (C=O) groups is 1. The van der Waals surface area contributed by atoms with Gasteiger partial charge in [0.1, 0.15) is 11.6 Å². The predicted octanol–water partition coefficient (Wildman–Crippen LogP) is 3.12.